The van der Waals surface area contributed by atoms with Gasteiger partial charge in [-0.25, -0.2) is 0 Å². The maximum atomic E-state index is 12.5. The average molecular weight is 379 g/mol. The first-order chi connectivity index (χ1) is 9.43. The van der Waals surface area contributed by atoms with Gasteiger partial charge in [0.25, 0.3) is 11.6 Å². The summed E-state index contributed by atoms with van der Waals surface area (Å²) in [6, 6.07) is 4.54. The zero-order chi connectivity index (χ0) is 14.9. The van der Waals surface area contributed by atoms with Gasteiger partial charge in [0, 0.05) is 23.1 Å². The van der Waals surface area contributed by atoms with Crippen molar-refractivity contribution in [1.82, 2.24) is 4.90 Å². The molecule has 1 aromatic rings. The molecule has 0 spiro atoms. The van der Waals surface area contributed by atoms with Gasteiger partial charge < -0.3 is 10.6 Å². The number of nitrogens with zero attached hydrogens (tertiary/aromatic N) is 2. The van der Waals surface area contributed by atoms with Gasteiger partial charge in [0.15, 0.2) is 0 Å². The summed E-state index contributed by atoms with van der Waals surface area (Å²) < 4.78 is 0.579. The number of hydrogen-bond acceptors (Lipinski definition) is 4. The van der Waals surface area contributed by atoms with E-state index in [1.54, 1.807) is 11.0 Å². The van der Waals surface area contributed by atoms with Crippen LogP contribution in [0.4, 0.5) is 5.69 Å². The highest BCUT2D eigenvalue weighted by atomic mass is 79.9. The van der Waals surface area contributed by atoms with Crippen LogP contribution in [0.25, 0.3) is 0 Å². The van der Waals surface area contributed by atoms with Crippen LogP contribution in [0.5, 0.6) is 0 Å². The fourth-order valence-corrected chi connectivity index (χ4v) is 2.94. The van der Waals surface area contributed by atoms with Gasteiger partial charge >= 0.3 is 0 Å². The van der Waals surface area contributed by atoms with E-state index in [4.69, 9.17) is 5.73 Å². The summed E-state index contributed by atoms with van der Waals surface area (Å²) in [5.74, 6) is -0.0314. The quantitative estimate of drug-likeness (QED) is 0.646. The summed E-state index contributed by atoms with van der Waals surface area (Å²) in [7, 11) is 0. The van der Waals surface area contributed by atoms with E-state index in [0.29, 0.717) is 17.6 Å². The van der Waals surface area contributed by atoms with Crippen LogP contribution in [-0.4, -0.2) is 34.9 Å². The first-order valence-electron chi connectivity index (χ1n) is 6.39. The van der Waals surface area contributed by atoms with Crippen molar-refractivity contribution in [2.45, 2.75) is 19.4 Å². The largest absolute Gasteiger partial charge is 0.335 e. The molecule has 0 aliphatic carbocycles. The number of rotatable bonds is 3. The number of benzene rings is 1. The van der Waals surface area contributed by atoms with Gasteiger partial charge in [-0.2, -0.15) is 0 Å². The molecule has 0 aromatic heterocycles. The molecule has 0 saturated carbocycles. The van der Waals surface area contributed by atoms with Crippen LogP contribution in [0.1, 0.15) is 23.7 Å². The molecule has 8 heteroatoms. The van der Waals surface area contributed by atoms with E-state index in [0.717, 1.165) is 6.42 Å². The van der Waals surface area contributed by atoms with Crippen LogP contribution in [0, 0.1) is 16.0 Å². The molecule has 0 bridgehead atoms. The van der Waals surface area contributed by atoms with Crippen LogP contribution in [-0.2, 0) is 0 Å². The Morgan fingerprint density at radius 2 is 2.24 bits per heavy atom. The third kappa shape index (κ3) is 3.72. The standard InChI is InChI=1S/C13H16BrN3O3.ClH/c1-8-4-9(6-15)7-16(8)13(18)11-3-2-10(14)5-12(11)17(19)20;/h2-3,5,8-9H,4,6-7,15H2,1H3;1H. The van der Waals surface area contributed by atoms with Crippen LogP contribution in [0.15, 0.2) is 22.7 Å². The van der Waals surface area contributed by atoms with E-state index < -0.39 is 4.92 Å². The Morgan fingerprint density at radius 3 is 2.76 bits per heavy atom. The lowest BCUT2D eigenvalue weighted by atomic mass is 10.1. The number of likely N-dealkylation sites (tertiary alicyclic amines) is 1. The SMILES string of the molecule is CC1CC(CN)CN1C(=O)c1ccc(Br)cc1[N+](=O)[O-].Cl. The fourth-order valence-electron chi connectivity index (χ4n) is 2.59. The van der Waals surface area contributed by atoms with Gasteiger partial charge in [0.2, 0.25) is 0 Å². The number of carbonyl (C=O) groups is 1. The summed E-state index contributed by atoms with van der Waals surface area (Å²) in [4.78, 5) is 24.8. The number of hydrogen-bond donors (Lipinski definition) is 1. The lowest BCUT2D eigenvalue weighted by Crippen LogP contribution is -2.34. The molecule has 1 aliphatic rings. The summed E-state index contributed by atoms with van der Waals surface area (Å²) in [5.41, 5.74) is 5.60. The Bertz CT molecular complexity index is 555. The maximum Gasteiger partial charge on any atom is 0.283 e. The lowest BCUT2D eigenvalue weighted by molar-refractivity contribution is -0.385. The van der Waals surface area contributed by atoms with Gasteiger partial charge in [0.05, 0.1) is 4.92 Å². The van der Waals surface area contributed by atoms with E-state index in [9.17, 15) is 14.9 Å². The van der Waals surface area contributed by atoms with E-state index in [2.05, 4.69) is 15.9 Å². The van der Waals surface area contributed by atoms with E-state index >= 15 is 0 Å². The molecule has 1 heterocycles. The van der Waals surface area contributed by atoms with Crippen LogP contribution in [0.3, 0.4) is 0 Å². The number of halogens is 2. The van der Waals surface area contributed by atoms with Crippen molar-refractivity contribution < 1.29 is 9.72 Å². The molecule has 2 unspecified atom stereocenters. The third-order valence-corrected chi connectivity index (χ3v) is 4.14. The Balaban J connectivity index is 0.00000220. The molecule has 1 aliphatic heterocycles. The predicted octanol–water partition coefficient (Wildman–Crippen LogP) is 2.59. The van der Waals surface area contributed by atoms with Crippen LogP contribution >= 0.6 is 28.3 Å². The highest BCUT2D eigenvalue weighted by Gasteiger charge is 2.34. The van der Waals surface area contributed by atoms with Crippen molar-refractivity contribution in [3.05, 3.63) is 38.3 Å². The van der Waals surface area contributed by atoms with Gasteiger partial charge in [0.1, 0.15) is 5.56 Å². The highest BCUT2D eigenvalue weighted by molar-refractivity contribution is 9.10. The molecule has 1 aromatic carbocycles. The first kappa shape index (κ1) is 17.9. The van der Waals surface area contributed by atoms with Crippen LogP contribution < -0.4 is 5.73 Å². The monoisotopic (exact) mass is 377 g/mol. The molecular formula is C13H17BrClN3O3. The van der Waals surface area contributed by atoms with E-state index in [1.807, 2.05) is 6.92 Å². The molecule has 6 nitrogen and oxygen atoms in total. The molecular weight excluding hydrogens is 362 g/mol. The average Bonchev–Trinajstić information content (AvgIpc) is 2.79. The Hall–Kier alpha value is -1.18. The van der Waals surface area contributed by atoms with Crippen molar-refractivity contribution in [2.24, 2.45) is 11.7 Å². The second-order valence-corrected chi connectivity index (χ2v) is 5.98. The first-order valence-corrected chi connectivity index (χ1v) is 7.18. The highest BCUT2D eigenvalue weighted by Crippen LogP contribution is 2.29. The molecule has 2 atom stereocenters. The fraction of sp³-hybridized carbons (Fsp3) is 0.462. The number of amides is 1. The van der Waals surface area contributed by atoms with Crippen molar-refractivity contribution in [3.63, 3.8) is 0 Å². The van der Waals surface area contributed by atoms with Gasteiger partial charge in [-0.05, 0) is 37.9 Å². The summed E-state index contributed by atoms with van der Waals surface area (Å²) in [6.45, 7) is 3.03. The van der Waals surface area contributed by atoms with Gasteiger partial charge in [-0.15, -0.1) is 12.4 Å². The second-order valence-electron chi connectivity index (χ2n) is 5.06. The topological polar surface area (TPSA) is 89.5 Å². The zero-order valence-electron chi connectivity index (χ0n) is 11.5. The normalized spacial score (nSPS) is 21.0. The maximum absolute atomic E-state index is 12.5. The van der Waals surface area contributed by atoms with E-state index in [-0.39, 0.29) is 41.5 Å². The number of nitrogens with two attached hydrogens (primary N) is 1. The minimum atomic E-state index is -0.529. The summed E-state index contributed by atoms with van der Waals surface area (Å²) >= 11 is 3.18. The molecule has 116 valence electrons. The second kappa shape index (κ2) is 7.20. The van der Waals surface area contributed by atoms with Crippen molar-refractivity contribution >= 4 is 39.9 Å². The molecule has 2 N–H and O–H groups in total. The van der Waals surface area contributed by atoms with Gasteiger partial charge in [-0.3, -0.25) is 14.9 Å². The van der Waals surface area contributed by atoms with E-state index in [1.165, 1.54) is 12.1 Å². The zero-order valence-corrected chi connectivity index (χ0v) is 13.9. The van der Waals surface area contributed by atoms with Crippen molar-refractivity contribution in [3.8, 4) is 0 Å². The summed E-state index contributed by atoms with van der Waals surface area (Å²) in [6.07, 6.45) is 0.840. The smallest absolute Gasteiger partial charge is 0.283 e. The van der Waals surface area contributed by atoms with Gasteiger partial charge in [-0.1, -0.05) is 15.9 Å². The summed E-state index contributed by atoms with van der Waals surface area (Å²) in [5, 5.41) is 11.1. The molecule has 1 amide bonds. The minimum absolute atomic E-state index is 0. The van der Waals surface area contributed by atoms with Crippen LogP contribution in [0.2, 0.25) is 0 Å². The molecule has 1 fully saturated rings. The Labute approximate surface area is 137 Å². The molecule has 2 rings (SSSR count). The third-order valence-electron chi connectivity index (χ3n) is 3.64. The Morgan fingerprint density at radius 1 is 1.57 bits per heavy atom. The number of nitro benzene ring substituents is 1. The van der Waals surface area contributed by atoms with Crippen molar-refractivity contribution in [1.29, 1.82) is 0 Å². The lowest BCUT2D eigenvalue weighted by Gasteiger charge is -2.21. The Kier molecular flexibility index (Phi) is 6.12. The molecule has 0 radical (unpaired) electrons. The van der Waals surface area contributed by atoms with Crippen molar-refractivity contribution in [2.75, 3.05) is 13.1 Å². The number of carbonyl (C=O) groups excluding carboxylic acids is 1. The molecule has 21 heavy (non-hydrogen) atoms. The minimum Gasteiger partial charge on any atom is -0.335 e. The number of nitro groups is 1. The predicted molar refractivity (Wildman–Crippen MR) is 85.7 cm³/mol. The molecule has 1 saturated heterocycles.